The summed E-state index contributed by atoms with van der Waals surface area (Å²) >= 11 is 3.32. The van der Waals surface area contributed by atoms with Crippen molar-refractivity contribution < 1.29 is 4.42 Å². The van der Waals surface area contributed by atoms with Gasteiger partial charge in [0.25, 0.3) is 0 Å². The number of hydrogen-bond donors (Lipinski definition) is 0. The fourth-order valence-corrected chi connectivity index (χ4v) is 1.40. The molecule has 0 aliphatic heterocycles. The van der Waals surface area contributed by atoms with E-state index in [1.165, 1.54) is 0 Å². The molecule has 1 heterocycles. The number of nitriles is 1. The summed E-state index contributed by atoms with van der Waals surface area (Å²) in [4.78, 5) is 0. The van der Waals surface area contributed by atoms with Gasteiger partial charge < -0.3 is 4.42 Å². The minimum atomic E-state index is 0.350. The molecule has 0 fully saturated rings. The molecule has 0 saturated heterocycles. The number of benzene rings is 1. The van der Waals surface area contributed by atoms with E-state index in [4.69, 9.17) is 9.68 Å². The van der Waals surface area contributed by atoms with Crippen molar-refractivity contribution in [3.8, 4) is 6.07 Å². The van der Waals surface area contributed by atoms with E-state index in [1.54, 1.807) is 6.07 Å². The van der Waals surface area contributed by atoms with E-state index in [0.717, 1.165) is 15.4 Å². The van der Waals surface area contributed by atoms with E-state index in [0.29, 0.717) is 5.76 Å². The van der Waals surface area contributed by atoms with Crippen LogP contribution in [0.5, 0.6) is 0 Å². The molecule has 0 atom stereocenters. The summed E-state index contributed by atoms with van der Waals surface area (Å²) in [6.07, 6.45) is 0. The number of fused-ring (bicyclic) bond motifs is 1. The minimum Gasteiger partial charge on any atom is -0.446 e. The van der Waals surface area contributed by atoms with Gasteiger partial charge >= 0.3 is 0 Å². The van der Waals surface area contributed by atoms with Crippen LogP contribution in [0.15, 0.2) is 33.2 Å². The SMILES string of the molecule is N#Cc1cc2ccc(Br)cc2o1. The van der Waals surface area contributed by atoms with E-state index < -0.39 is 0 Å². The van der Waals surface area contributed by atoms with Gasteiger partial charge in [-0.2, -0.15) is 5.26 Å². The van der Waals surface area contributed by atoms with Crippen LogP contribution in [-0.4, -0.2) is 0 Å². The highest BCUT2D eigenvalue weighted by Gasteiger charge is 2.01. The summed E-state index contributed by atoms with van der Waals surface area (Å²) < 4.78 is 6.16. The van der Waals surface area contributed by atoms with Gasteiger partial charge in [0.2, 0.25) is 5.76 Å². The third-order valence-corrected chi connectivity index (χ3v) is 2.09. The van der Waals surface area contributed by atoms with E-state index >= 15 is 0 Å². The molecule has 58 valence electrons. The highest BCUT2D eigenvalue weighted by Crippen LogP contribution is 2.22. The first-order valence-corrected chi connectivity index (χ1v) is 4.18. The Bertz CT molecular complexity index is 467. The second kappa shape index (κ2) is 2.65. The molecule has 0 aliphatic rings. The molecule has 1 aromatic carbocycles. The Kier molecular flexibility index (Phi) is 1.63. The van der Waals surface area contributed by atoms with Crippen LogP contribution in [0.2, 0.25) is 0 Å². The predicted octanol–water partition coefficient (Wildman–Crippen LogP) is 3.07. The second-order valence-corrected chi connectivity index (χ2v) is 3.32. The van der Waals surface area contributed by atoms with Crippen LogP contribution < -0.4 is 0 Å². The summed E-state index contributed by atoms with van der Waals surface area (Å²) in [6.45, 7) is 0. The Morgan fingerprint density at radius 1 is 1.33 bits per heavy atom. The van der Waals surface area contributed by atoms with E-state index in [-0.39, 0.29) is 0 Å². The van der Waals surface area contributed by atoms with Crippen LogP contribution in [0.3, 0.4) is 0 Å². The van der Waals surface area contributed by atoms with Crippen molar-refractivity contribution in [3.05, 3.63) is 34.5 Å². The van der Waals surface area contributed by atoms with Gasteiger partial charge in [-0.1, -0.05) is 15.9 Å². The topological polar surface area (TPSA) is 36.9 Å². The van der Waals surface area contributed by atoms with Crippen molar-refractivity contribution in [1.82, 2.24) is 0 Å². The number of halogens is 1. The summed E-state index contributed by atoms with van der Waals surface area (Å²) in [5.41, 5.74) is 0.737. The number of nitrogens with zero attached hydrogens (tertiary/aromatic N) is 1. The zero-order valence-electron chi connectivity index (χ0n) is 6.04. The molecule has 0 amide bonds. The van der Waals surface area contributed by atoms with Crippen LogP contribution in [0.1, 0.15) is 5.76 Å². The third kappa shape index (κ3) is 1.10. The maximum Gasteiger partial charge on any atom is 0.204 e. The molecular formula is C9H4BrNO. The number of hydrogen-bond acceptors (Lipinski definition) is 2. The Hall–Kier alpha value is -1.27. The van der Waals surface area contributed by atoms with Crippen molar-refractivity contribution in [2.75, 3.05) is 0 Å². The van der Waals surface area contributed by atoms with Gasteiger partial charge in [0.15, 0.2) is 0 Å². The summed E-state index contributed by atoms with van der Waals surface area (Å²) in [6, 6.07) is 9.34. The molecule has 0 spiro atoms. The fraction of sp³-hybridized carbons (Fsp3) is 0. The molecule has 0 aliphatic carbocycles. The molecule has 0 N–H and O–H groups in total. The van der Waals surface area contributed by atoms with Crippen LogP contribution in [0.4, 0.5) is 0 Å². The minimum absolute atomic E-state index is 0.350. The Balaban J connectivity index is 2.77. The predicted molar refractivity (Wildman–Crippen MR) is 48.6 cm³/mol. The van der Waals surface area contributed by atoms with E-state index in [1.807, 2.05) is 24.3 Å². The van der Waals surface area contributed by atoms with Gasteiger partial charge in [-0.25, -0.2) is 0 Å². The average Bonchev–Trinajstić information content (AvgIpc) is 2.46. The van der Waals surface area contributed by atoms with Crippen LogP contribution in [0.25, 0.3) is 11.0 Å². The smallest absolute Gasteiger partial charge is 0.204 e. The van der Waals surface area contributed by atoms with Gasteiger partial charge in [-0.15, -0.1) is 0 Å². The lowest BCUT2D eigenvalue weighted by atomic mass is 10.2. The molecule has 0 unspecified atom stereocenters. The maximum atomic E-state index is 8.55. The standard InChI is InChI=1S/C9H4BrNO/c10-7-2-1-6-3-8(5-11)12-9(6)4-7/h1-4H. The van der Waals surface area contributed by atoms with Gasteiger partial charge in [-0.3, -0.25) is 0 Å². The van der Waals surface area contributed by atoms with Crippen LogP contribution >= 0.6 is 15.9 Å². The Morgan fingerprint density at radius 3 is 2.92 bits per heavy atom. The second-order valence-electron chi connectivity index (χ2n) is 2.40. The Labute approximate surface area is 77.5 Å². The monoisotopic (exact) mass is 221 g/mol. The van der Waals surface area contributed by atoms with Gasteiger partial charge in [0.05, 0.1) is 0 Å². The van der Waals surface area contributed by atoms with Crippen molar-refractivity contribution in [2.24, 2.45) is 0 Å². The molecule has 2 nitrogen and oxygen atoms in total. The highest BCUT2D eigenvalue weighted by molar-refractivity contribution is 9.10. The highest BCUT2D eigenvalue weighted by atomic mass is 79.9. The van der Waals surface area contributed by atoms with Crippen molar-refractivity contribution in [3.63, 3.8) is 0 Å². The zero-order chi connectivity index (χ0) is 8.55. The average molecular weight is 222 g/mol. The number of rotatable bonds is 0. The molecule has 0 bridgehead atoms. The zero-order valence-corrected chi connectivity index (χ0v) is 7.63. The molecule has 2 aromatic rings. The molecule has 0 saturated carbocycles. The van der Waals surface area contributed by atoms with Crippen molar-refractivity contribution in [1.29, 1.82) is 5.26 Å². The first-order valence-electron chi connectivity index (χ1n) is 3.39. The van der Waals surface area contributed by atoms with Gasteiger partial charge in [0, 0.05) is 15.9 Å². The largest absolute Gasteiger partial charge is 0.446 e. The van der Waals surface area contributed by atoms with E-state index in [9.17, 15) is 0 Å². The molecule has 3 heteroatoms. The quantitative estimate of drug-likeness (QED) is 0.686. The summed E-state index contributed by atoms with van der Waals surface area (Å²) in [7, 11) is 0. The molecule has 0 radical (unpaired) electrons. The van der Waals surface area contributed by atoms with Crippen LogP contribution in [-0.2, 0) is 0 Å². The van der Waals surface area contributed by atoms with E-state index in [2.05, 4.69) is 15.9 Å². The van der Waals surface area contributed by atoms with Crippen molar-refractivity contribution in [2.45, 2.75) is 0 Å². The lowest BCUT2D eigenvalue weighted by Gasteiger charge is -1.87. The van der Waals surface area contributed by atoms with Crippen molar-refractivity contribution >= 4 is 26.9 Å². The summed E-state index contributed by atoms with van der Waals surface area (Å²) in [5, 5.41) is 9.51. The van der Waals surface area contributed by atoms with Gasteiger partial charge in [0.1, 0.15) is 11.7 Å². The lowest BCUT2D eigenvalue weighted by Crippen LogP contribution is -1.62. The molecule has 1 aromatic heterocycles. The molecular weight excluding hydrogens is 218 g/mol. The first kappa shape index (κ1) is 7.38. The number of furan rings is 1. The maximum absolute atomic E-state index is 8.55. The first-order chi connectivity index (χ1) is 5.79. The summed E-state index contributed by atoms with van der Waals surface area (Å²) in [5.74, 6) is 0.350. The Morgan fingerprint density at radius 2 is 2.17 bits per heavy atom. The fourth-order valence-electron chi connectivity index (χ4n) is 1.06. The van der Waals surface area contributed by atoms with Crippen LogP contribution in [0, 0.1) is 11.3 Å². The normalized spacial score (nSPS) is 10.0. The molecule has 2 rings (SSSR count). The lowest BCUT2D eigenvalue weighted by molar-refractivity contribution is 0.599. The van der Waals surface area contributed by atoms with Gasteiger partial charge in [-0.05, 0) is 18.2 Å². The molecule has 12 heavy (non-hydrogen) atoms. The third-order valence-electron chi connectivity index (χ3n) is 1.59.